The number of H-pyrrole nitrogens is 1. The van der Waals surface area contributed by atoms with E-state index in [1.165, 1.54) is 6.33 Å². The third-order valence-electron chi connectivity index (χ3n) is 2.04. The van der Waals surface area contributed by atoms with E-state index in [1.807, 2.05) is 6.07 Å². The van der Waals surface area contributed by atoms with Crippen LogP contribution in [0.5, 0.6) is 0 Å². The van der Waals surface area contributed by atoms with Gasteiger partial charge in [-0.2, -0.15) is 10.4 Å². The minimum absolute atomic E-state index is 0.285. The van der Waals surface area contributed by atoms with Gasteiger partial charge < -0.3 is 5.32 Å². The Morgan fingerprint density at radius 3 is 2.87 bits per heavy atom. The quantitative estimate of drug-likeness (QED) is 0.755. The summed E-state index contributed by atoms with van der Waals surface area (Å²) in [5.41, 5.74) is -1.03. The molecule has 1 amide bonds. The zero-order chi connectivity index (χ0) is 11.5. The normalized spacial score (nSPS) is 12.9. The Morgan fingerprint density at radius 1 is 1.73 bits per heavy atom. The maximum Gasteiger partial charge on any atom is 0.240 e. The Kier molecular flexibility index (Phi) is 3.04. The van der Waals surface area contributed by atoms with Gasteiger partial charge in [-0.05, 0) is 20.8 Å². The van der Waals surface area contributed by atoms with Crippen LogP contribution in [0, 0.1) is 16.7 Å². The minimum atomic E-state index is -1.03. The van der Waals surface area contributed by atoms with Gasteiger partial charge >= 0.3 is 0 Å². The number of carbonyl (C=O) groups excluding carboxylic acids is 1. The Morgan fingerprint density at radius 2 is 2.40 bits per heavy atom. The Balaban J connectivity index is 2.65. The molecule has 15 heavy (non-hydrogen) atoms. The predicted octanol–water partition coefficient (Wildman–Crippen LogP) is 0.532. The Hall–Kier alpha value is -1.90. The fourth-order valence-electron chi connectivity index (χ4n) is 0.920. The van der Waals surface area contributed by atoms with Crippen molar-refractivity contribution in [2.75, 3.05) is 0 Å². The average Bonchev–Trinajstić information content (AvgIpc) is 2.70. The molecule has 0 fully saturated rings. The number of carbonyl (C=O) groups is 1. The molecule has 0 saturated carbocycles. The molecular weight excluding hydrogens is 194 g/mol. The monoisotopic (exact) mass is 207 g/mol. The van der Waals surface area contributed by atoms with Crippen LogP contribution in [-0.2, 0) is 4.79 Å². The summed E-state index contributed by atoms with van der Waals surface area (Å²) in [6, 6.07) is 1.65. The lowest BCUT2D eigenvalue weighted by molar-refractivity contribution is -0.127. The highest BCUT2D eigenvalue weighted by Crippen LogP contribution is 2.15. The zero-order valence-electron chi connectivity index (χ0n) is 8.90. The van der Waals surface area contributed by atoms with Crippen molar-refractivity contribution in [3.63, 3.8) is 0 Å². The van der Waals surface area contributed by atoms with E-state index in [0.29, 0.717) is 5.82 Å². The predicted molar refractivity (Wildman–Crippen MR) is 52.3 cm³/mol. The second-order valence-corrected chi connectivity index (χ2v) is 3.80. The summed E-state index contributed by atoms with van der Waals surface area (Å²) in [5, 5.41) is 17.8. The minimum Gasteiger partial charge on any atom is -0.345 e. The van der Waals surface area contributed by atoms with Crippen molar-refractivity contribution in [1.29, 1.82) is 5.26 Å². The highest BCUT2D eigenvalue weighted by molar-refractivity contribution is 5.84. The van der Waals surface area contributed by atoms with Crippen molar-refractivity contribution in [1.82, 2.24) is 20.5 Å². The molecule has 0 spiro atoms. The first-order chi connectivity index (χ1) is 6.97. The van der Waals surface area contributed by atoms with Crippen LogP contribution in [-0.4, -0.2) is 21.1 Å². The Bertz CT molecular complexity index is 376. The molecule has 0 radical (unpaired) electrons. The van der Waals surface area contributed by atoms with Gasteiger partial charge in [0.05, 0.1) is 12.1 Å². The molecule has 1 heterocycles. The first-order valence-corrected chi connectivity index (χ1v) is 4.55. The molecule has 1 atom stereocenters. The highest BCUT2D eigenvalue weighted by atomic mass is 16.2. The van der Waals surface area contributed by atoms with E-state index < -0.39 is 5.41 Å². The number of aromatic nitrogens is 3. The lowest BCUT2D eigenvalue weighted by Crippen LogP contribution is -2.37. The van der Waals surface area contributed by atoms with Gasteiger partial charge in [0, 0.05) is 0 Å². The summed E-state index contributed by atoms with van der Waals surface area (Å²) in [5.74, 6) is 0.242. The van der Waals surface area contributed by atoms with E-state index in [4.69, 9.17) is 5.26 Å². The zero-order valence-corrected chi connectivity index (χ0v) is 8.90. The lowest BCUT2D eigenvalue weighted by atomic mass is 9.94. The average molecular weight is 207 g/mol. The van der Waals surface area contributed by atoms with Crippen LogP contribution in [0.25, 0.3) is 0 Å². The third kappa shape index (κ3) is 2.53. The summed E-state index contributed by atoms with van der Waals surface area (Å²) in [6.45, 7) is 4.90. The summed E-state index contributed by atoms with van der Waals surface area (Å²) >= 11 is 0. The smallest absolute Gasteiger partial charge is 0.240 e. The fraction of sp³-hybridized carbons (Fsp3) is 0.556. The number of nitrogens with one attached hydrogen (secondary N) is 2. The number of nitrogens with zero attached hydrogens (tertiary/aromatic N) is 3. The number of amides is 1. The van der Waals surface area contributed by atoms with E-state index in [1.54, 1.807) is 20.8 Å². The van der Waals surface area contributed by atoms with Gasteiger partial charge in [-0.15, -0.1) is 0 Å². The van der Waals surface area contributed by atoms with Gasteiger partial charge in [0.25, 0.3) is 0 Å². The van der Waals surface area contributed by atoms with Crippen LogP contribution in [0.3, 0.4) is 0 Å². The van der Waals surface area contributed by atoms with Gasteiger partial charge in [0.1, 0.15) is 17.6 Å². The first kappa shape index (κ1) is 11.2. The summed E-state index contributed by atoms with van der Waals surface area (Å²) in [7, 11) is 0. The van der Waals surface area contributed by atoms with Gasteiger partial charge in [0.2, 0.25) is 5.91 Å². The van der Waals surface area contributed by atoms with E-state index in [0.717, 1.165) is 0 Å². The molecule has 1 rings (SSSR count). The molecule has 6 nitrogen and oxygen atoms in total. The van der Waals surface area contributed by atoms with Crippen molar-refractivity contribution in [3.05, 3.63) is 12.2 Å². The largest absolute Gasteiger partial charge is 0.345 e. The highest BCUT2D eigenvalue weighted by Gasteiger charge is 2.28. The molecule has 80 valence electrons. The van der Waals surface area contributed by atoms with Crippen LogP contribution < -0.4 is 5.32 Å². The number of rotatable bonds is 3. The molecule has 0 bridgehead atoms. The topological polar surface area (TPSA) is 94.5 Å². The SMILES string of the molecule is CC(NC(=O)C(C)(C)C#N)c1ncn[nH]1. The lowest BCUT2D eigenvalue weighted by Gasteiger charge is -2.18. The van der Waals surface area contributed by atoms with Crippen LogP contribution in [0.1, 0.15) is 32.6 Å². The molecule has 1 aromatic rings. The maximum atomic E-state index is 11.6. The second kappa shape index (κ2) is 4.09. The third-order valence-corrected chi connectivity index (χ3v) is 2.04. The molecule has 2 N–H and O–H groups in total. The second-order valence-electron chi connectivity index (χ2n) is 3.80. The van der Waals surface area contributed by atoms with E-state index in [9.17, 15) is 4.79 Å². The molecule has 0 aliphatic carbocycles. The summed E-state index contributed by atoms with van der Waals surface area (Å²) in [4.78, 5) is 15.5. The summed E-state index contributed by atoms with van der Waals surface area (Å²) < 4.78 is 0. The number of hydrogen-bond donors (Lipinski definition) is 2. The van der Waals surface area contributed by atoms with Crippen molar-refractivity contribution in [3.8, 4) is 6.07 Å². The van der Waals surface area contributed by atoms with Gasteiger partial charge in [-0.25, -0.2) is 4.98 Å². The van der Waals surface area contributed by atoms with E-state index in [2.05, 4.69) is 20.5 Å². The van der Waals surface area contributed by atoms with Crippen LogP contribution in [0.15, 0.2) is 6.33 Å². The molecule has 6 heteroatoms. The van der Waals surface area contributed by atoms with Crippen molar-refractivity contribution in [2.24, 2.45) is 5.41 Å². The molecule has 1 aromatic heterocycles. The van der Waals surface area contributed by atoms with Gasteiger partial charge in [-0.3, -0.25) is 9.89 Å². The van der Waals surface area contributed by atoms with Crippen molar-refractivity contribution >= 4 is 5.91 Å². The van der Waals surface area contributed by atoms with Crippen molar-refractivity contribution in [2.45, 2.75) is 26.8 Å². The molecule has 1 unspecified atom stereocenters. The van der Waals surface area contributed by atoms with Crippen LogP contribution in [0.2, 0.25) is 0 Å². The van der Waals surface area contributed by atoms with Gasteiger partial charge in [0.15, 0.2) is 0 Å². The van der Waals surface area contributed by atoms with E-state index in [-0.39, 0.29) is 11.9 Å². The molecule has 0 aliphatic rings. The molecular formula is C9H13N5O. The molecule has 0 saturated heterocycles. The first-order valence-electron chi connectivity index (χ1n) is 4.55. The standard InChI is InChI=1S/C9H13N5O/c1-6(7-11-5-12-14-7)13-8(15)9(2,3)4-10/h5-6H,1-3H3,(H,13,15)(H,11,12,14). The fourth-order valence-corrected chi connectivity index (χ4v) is 0.920. The maximum absolute atomic E-state index is 11.6. The van der Waals surface area contributed by atoms with Crippen LogP contribution in [0.4, 0.5) is 0 Å². The summed E-state index contributed by atoms with van der Waals surface area (Å²) in [6.07, 6.45) is 1.37. The van der Waals surface area contributed by atoms with Crippen molar-refractivity contribution < 1.29 is 4.79 Å². The van der Waals surface area contributed by atoms with Crippen LogP contribution >= 0.6 is 0 Å². The van der Waals surface area contributed by atoms with Gasteiger partial charge in [-0.1, -0.05) is 0 Å². The molecule has 0 aliphatic heterocycles. The number of nitriles is 1. The Labute approximate surface area is 87.7 Å². The number of hydrogen-bond acceptors (Lipinski definition) is 4. The van der Waals surface area contributed by atoms with E-state index >= 15 is 0 Å². The number of aromatic amines is 1. The molecule has 0 aromatic carbocycles.